The Morgan fingerprint density at radius 2 is 1.81 bits per heavy atom. The number of rotatable bonds is 3. The molecule has 1 amide bonds. The molecule has 1 aromatic carbocycles. The Morgan fingerprint density at radius 1 is 1.14 bits per heavy atom. The minimum Gasteiger partial charge on any atom is -0.320 e. The zero-order valence-corrected chi connectivity index (χ0v) is 11.2. The lowest BCUT2D eigenvalue weighted by atomic mass is 10.2. The van der Waals surface area contributed by atoms with Crippen molar-refractivity contribution in [2.75, 3.05) is 38.0 Å². The average Bonchev–Trinajstić information content (AvgIpc) is 2.70. The molecule has 0 aliphatic carbocycles. The molecule has 1 aliphatic heterocycles. The van der Waals surface area contributed by atoms with Crippen LogP contribution in [0.4, 0.5) is 23.2 Å². The number of carbonyl (C=O) groups is 1. The van der Waals surface area contributed by atoms with E-state index in [-0.39, 0.29) is 12.6 Å². The number of hydrogen-bond donors (Lipinski definition) is 2. The van der Waals surface area contributed by atoms with Gasteiger partial charge in [0.05, 0.1) is 6.54 Å². The number of halogens is 4. The Hall–Kier alpha value is -1.67. The van der Waals surface area contributed by atoms with Crippen molar-refractivity contribution in [1.29, 1.82) is 0 Å². The van der Waals surface area contributed by atoms with Crippen LogP contribution in [0.25, 0.3) is 0 Å². The summed E-state index contributed by atoms with van der Waals surface area (Å²) in [7, 11) is 0. The van der Waals surface area contributed by atoms with Gasteiger partial charge < -0.3 is 10.6 Å². The molecule has 0 bridgehead atoms. The second kappa shape index (κ2) is 6.86. The first kappa shape index (κ1) is 15.7. The van der Waals surface area contributed by atoms with Gasteiger partial charge in [-0.15, -0.1) is 0 Å². The van der Waals surface area contributed by atoms with E-state index < -0.39 is 34.9 Å². The third-order valence-corrected chi connectivity index (χ3v) is 3.18. The molecule has 0 atom stereocenters. The van der Waals surface area contributed by atoms with Crippen LogP contribution < -0.4 is 10.6 Å². The summed E-state index contributed by atoms with van der Waals surface area (Å²) in [5.41, 5.74) is -1.09. The fourth-order valence-electron chi connectivity index (χ4n) is 2.12. The summed E-state index contributed by atoms with van der Waals surface area (Å²) >= 11 is 0. The number of benzene rings is 1. The lowest BCUT2D eigenvalue weighted by Crippen LogP contribution is -2.36. The molecule has 0 saturated carbocycles. The maximum Gasteiger partial charge on any atom is 0.238 e. The van der Waals surface area contributed by atoms with Crippen LogP contribution in [0.2, 0.25) is 0 Å². The fraction of sp³-hybridized carbons (Fsp3) is 0.462. The molecule has 0 aromatic heterocycles. The molecule has 2 N–H and O–H groups in total. The predicted molar refractivity (Wildman–Crippen MR) is 68.8 cm³/mol. The number of nitrogens with zero attached hydrogens (tertiary/aromatic N) is 1. The van der Waals surface area contributed by atoms with Gasteiger partial charge in [-0.05, 0) is 19.5 Å². The van der Waals surface area contributed by atoms with Crippen LogP contribution in [0, 0.1) is 23.3 Å². The summed E-state index contributed by atoms with van der Waals surface area (Å²) in [4.78, 5) is 13.6. The molecule has 116 valence electrons. The maximum absolute atomic E-state index is 13.4. The standard InChI is InChI=1S/C13H15F4N3O/c14-8-6-9(15)12(17)13(11(8)16)19-10(21)7-20-4-1-2-18-3-5-20/h6,18H,1-5,7H2,(H,19,21). The predicted octanol–water partition coefficient (Wildman–Crippen LogP) is 1.48. The minimum absolute atomic E-state index is 0.0980. The molecule has 4 nitrogen and oxygen atoms in total. The Bertz CT molecular complexity index is 504. The zero-order valence-electron chi connectivity index (χ0n) is 11.2. The molecular formula is C13H15F4N3O. The highest BCUT2D eigenvalue weighted by atomic mass is 19.2. The third kappa shape index (κ3) is 3.92. The highest BCUT2D eigenvalue weighted by Crippen LogP contribution is 2.24. The molecule has 1 aromatic rings. The first-order valence-electron chi connectivity index (χ1n) is 6.55. The van der Waals surface area contributed by atoms with E-state index in [1.54, 1.807) is 4.90 Å². The third-order valence-electron chi connectivity index (χ3n) is 3.18. The van der Waals surface area contributed by atoms with Crippen molar-refractivity contribution in [3.05, 3.63) is 29.3 Å². The van der Waals surface area contributed by atoms with E-state index in [0.29, 0.717) is 19.6 Å². The normalized spacial score (nSPS) is 16.6. The van der Waals surface area contributed by atoms with Gasteiger partial charge in [0.2, 0.25) is 5.91 Å². The van der Waals surface area contributed by atoms with Crippen molar-refractivity contribution in [2.45, 2.75) is 6.42 Å². The van der Waals surface area contributed by atoms with Crippen LogP contribution in [0.15, 0.2) is 6.07 Å². The molecular weight excluding hydrogens is 290 g/mol. The number of anilines is 1. The van der Waals surface area contributed by atoms with E-state index in [4.69, 9.17) is 0 Å². The molecule has 0 radical (unpaired) electrons. The topological polar surface area (TPSA) is 44.4 Å². The van der Waals surface area contributed by atoms with E-state index in [2.05, 4.69) is 5.32 Å². The van der Waals surface area contributed by atoms with E-state index >= 15 is 0 Å². The highest BCUT2D eigenvalue weighted by molar-refractivity contribution is 5.92. The largest absolute Gasteiger partial charge is 0.320 e. The van der Waals surface area contributed by atoms with Gasteiger partial charge in [-0.3, -0.25) is 9.69 Å². The summed E-state index contributed by atoms with van der Waals surface area (Å²) in [6.45, 7) is 2.69. The number of hydrogen-bond acceptors (Lipinski definition) is 3. The van der Waals surface area contributed by atoms with Crippen LogP contribution in [-0.4, -0.2) is 43.5 Å². The SMILES string of the molecule is O=C(CN1CCCNCC1)Nc1c(F)c(F)cc(F)c1F. The van der Waals surface area contributed by atoms with E-state index in [9.17, 15) is 22.4 Å². The lowest BCUT2D eigenvalue weighted by Gasteiger charge is -2.19. The van der Waals surface area contributed by atoms with Gasteiger partial charge in [-0.25, -0.2) is 17.6 Å². The molecule has 1 heterocycles. The minimum atomic E-state index is -1.61. The second-order valence-corrected chi connectivity index (χ2v) is 4.77. The molecule has 1 saturated heterocycles. The number of carbonyl (C=O) groups excluding carboxylic acids is 1. The summed E-state index contributed by atoms with van der Waals surface area (Å²) in [6.07, 6.45) is 0.838. The average molecular weight is 305 g/mol. The first-order valence-corrected chi connectivity index (χ1v) is 6.55. The van der Waals surface area contributed by atoms with Gasteiger partial charge in [-0.1, -0.05) is 0 Å². The van der Waals surface area contributed by atoms with Gasteiger partial charge in [0.15, 0.2) is 23.3 Å². The monoisotopic (exact) mass is 305 g/mol. The zero-order chi connectivity index (χ0) is 15.4. The molecule has 0 unspecified atom stereocenters. The lowest BCUT2D eigenvalue weighted by molar-refractivity contribution is -0.117. The van der Waals surface area contributed by atoms with Gasteiger partial charge in [0.25, 0.3) is 0 Å². The van der Waals surface area contributed by atoms with Gasteiger partial charge >= 0.3 is 0 Å². The summed E-state index contributed by atoms with van der Waals surface area (Å²) < 4.78 is 52.9. The van der Waals surface area contributed by atoms with Crippen molar-refractivity contribution in [3.8, 4) is 0 Å². The van der Waals surface area contributed by atoms with Crippen molar-refractivity contribution in [1.82, 2.24) is 10.2 Å². The maximum atomic E-state index is 13.4. The molecule has 2 rings (SSSR count). The first-order chi connectivity index (χ1) is 9.99. The smallest absolute Gasteiger partial charge is 0.238 e. The van der Waals surface area contributed by atoms with E-state index in [0.717, 1.165) is 13.0 Å². The van der Waals surface area contributed by atoms with Crippen molar-refractivity contribution in [3.63, 3.8) is 0 Å². The van der Waals surface area contributed by atoms with Gasteiger partial charge in [0, 0.05) is 19.2 Å². The number of nitrogens with one attached hydrogen (secondary N) is 2. The van der Waals surface area contributed by atoms with E-state index in [1.165, 1.54) is 0 Å². The molecule has 21 heavy (non-hydrogen) atoms. The van der Waals surface area contributed by atoms with Crippen molar-refractivity contribution in [2.24, 2.45) is 0 Å². The molecule has 8 heteroatoms. The van der Waals surface area contributed by atoms with Crippen LogP contribution in [-0.2, 0) is 4.79 Å². The van der Waals surface area contributed by atoms with Crippen LogP contribution in [0.1, 0.15) is 6.42 Å². The van der Waals surface area contributed by atoms with Crippen molar-refractivity contribution >= 4 is 11.6 Å². The highest BCUT2D eigenvalue weighted by Gasteiger charge is 2.21. The van der Waals surface area contributed by atoms with Gasteiger partial charge in [0.1, 0.15) is 5.69 Å². The van der Waals surface area contributed by atoms with E-state index in [1.807, 2.05) is 5.32 Å². The Labute approximate surface area is 119 Å². The fourth-order valence-corrected chi connectivity index (χ4v) is 2.12. The Morgan fingerprint density at radius 3 is 2.48 bits per heavy atom. The second-order valence-electron chi connectivity index (χ2n) is 4.77. The summed E-state index contributed by atoms with van der Waals surface area (Å²) in [5, 5.41) is 5.04. The summed E-state index contributed by atoms with van der Waals surface area (Å²) in [6, 6.07) is 0.0980. The van der Waals surface area contributed by atoms with Gasteiger partial charge in [-0.2, -0.15) is 0 Å². The van der Waals surface area contributed by atoms with Crippen molar-refractivity contribution < 1.29 is 22.4 Å². The van der Waals surface area contributed by atoms with Crippen LogP contribution in [0.3, 0.4) is 0 Å². The quantitative estimate of drug-likeness (QED) is 0.657. The molecule has 0 spiro atoms. The molecule has 1 fully saturated rings. The Kier molecular flexibility index (Phi) is 5.13. The van der Waals surface area contributed by atoms with Crippen LogP contribution >= 0.6 is 0 Å². The number of amides is 1. The van der Waals surface area contributed by atoms with Crippen LogP contribution in [0.5, 0.6) is 0 Å². The molecule has 1 aliphatic rings. The summed E-state index contributed by atoms with van der Waals surface area (Å²) in [5.74, 6) is -7.05. The Balaban J connectivity index is 2.05.